The van der Waals surface area contributed by atoms with Gasteiger partial charge in [0.25, 0.3) is 0 Å². The molecule has 0 aromatic rings. The molecule has 0 heterocycles. The molecule has 1 rings (SSSR count). The Bertz CT molecular complexity index is 180. The van der Waals surface area contributed by atoms with Crippen LogP contribution in [0.15, 0.2) is 22.8 Å². The lowest BCUT2D eigenvalue weighted by Crippen LogP contribution is -1.67. The van der Waals surface area contributed by atoms with Gasteiger partial charge in [-0.1, -0.05) is 43.2 Å². The molecule has 0 aliphatic heterocycles. The smallest absolute Gasteiger partial charge is 0.0133 e. The molecule has 2 heteroatoms. The van der Waals surface area contributed by atoms with Crippen LogP contribution in [0.25, 0.3) is 0 Å². The fraction of sp³-hybridized carbons (Fsp3) is 0.444. The maximum absolute atomic E-state index is 2.36. The van der Waals surface area contributed by atoms with Crippen molar-refractivity contribution in [3.05, 3.63) is 29.2 Å². The summed E-state index contributed by atoms with van der Waals surface area (Å²) < 4.78 is 0. The van der Waals surface area contributed by atoms with Crippen LogP contribution in [0.5, 0.6) is 0 Å². The summed E-state index contributed by atoms with van der Waals surface area (Å²) >= 11 is 0. The Morgan fingerprint density at radius 3 is 2.36 bits per heavy atom. The van der Waals surface area contributed by atoms with Crippen molar-refractivity contribution < 1.29 is 0 Å². The average Bonchev–Trinajstić information content (AvgIpc) is 2.38. The number of allylic oxidation sites excluding steroid dienone is 4. The molecule has 0 amide bonds. The van der Waals surface area contributed by atoms with Crippen LogP contribution in [-0.2, 0) is 0 Å². The molecule has 0 saturated carbocycles. The van der Waals surface area contributed by atoms with Crippen LogP contribution in [0.3, 0.4) is 0 Å². The topological polar surface area (TPSA) is 0 Å². The van der Waals surface area contributed by atoms with E-state index in [0.717, 1.165) is 17.2 Å². The fourth-order valence-corrected chi connectivity index (χ4v) is 2.95. The van der Waals surface area contributed by atoms with E-state index in [4.69, 9.17) is 0 Å². The maximum atomic E-state index is 2.36. The molecule has 1 aliphatic carbocycles. The Labute approximate surface area is 73.1 Å². The van der Waals surface area contributed by atoms with Crippen molar-refractivity contribution in [1.29, 1.82) is 0 Å². The molecule has 0 saturated heterocycles. The van der Waals surface area contributed by atoms with Crippen LogP contribution in [-0.4, -0.2) is 12.3 Å². The lowest BCUT2D eigenvalue weighted by Gasteiger charge is -1.95. The second-order valence-corrected chi connectivity index (χ2v) is 5.73. The van der Waals surface area contributed by atoms with Gasteiger partial charge in [-0.2, -0.15) is 0 Å². The molecule has 0 bridgehead atoms. The Kier molecular flexibility index (Phi) is 4.34. The second kappa shape index (κ2) is 5.07. The summed E-state index contributed by atoms with van der Waals surface area (Å²) in [6.45, 7) is 4.49. The van der Waals surface area contributed by atoms with E-state index in [1.807, 2.05) is 0 Å². The van der Waals surface area contributed by atoms with Gasteiger partial charge in [0.1, 0.15) is 0 Å². The summed E-state index contributed by atoms with van der Waals surface area (Å²) in [5, 5.41) is 3.09. The van der Waals surface area contributed by atoms with Crippen molar-refractivity contribution in [2.75, 3.05) is 12.3 Å². The Hall–Kier alpha value is 0.340. The molecule has 61 valence electrons. The number of hydrogen-bond donors (Lipinski definition) is 0. The van der Waals surface area contributed by atoms with Gasteiger partial charge in [0.05, 0.1) is 0 Å². The third-order valence-corrected chi connectivity index (χ3v) is 3.66. The van der Waals surface area contributed by atoms with E-state index >= 15 is 0 Å². The predicted molar refractivity (Wildman–Crippen MR) is 58.2 cm³/mol. The van der Waals surface area contributed by atoms with Gasteiger partial charge < -0.3 is 0 Å². The highest BCUT2D eigenvalue weighted by Gasteiger charge is 2.04. The minimum absolute atomic E-state index is 1.02. The van der Waals surface area contributed by atoms with E-state index in [1.54, 1.807) is 10.6 Å². The van der Waals surface area contributed by atoms with Gasteiger partial charge in [0.2, 0.25) is 0 Å². The largest absolute Gasteiger partial charge is 0.0944 e. The maximum Gasteiger partial charge on any atom is 0.0133 e. The summed E-state index contributed by atoms with van der Waals surface area (Å²) in [6, 6.07) is 0. The van der Waals surface area contributed by atoms with E-state index in [2.05, 4.69) is 32.4 Å². The van der Waals surface area contributed by atoms with Gasteiger partial charge in [0, 0.05) is 6.42 Å². The van der Waals surface area contributed by atoms with Gasteiger partial charge in [-0.25, -0.2) is 0 Å². The number of hydrogen-bond acceptors (Lipinski definition) is 0. The highest BCUT2D eigenvalue weighted by Crippen LogP contribution is 2.37. The van der Waals surface area contributed by atoms with Crippen LogP contribution in [0.4, 0.5) is 0 Å². The van der Waals surface area contributed by atoms with Crippen molar-refractivity contribution in [3.8, 4) is 0 Å². The van der Waals surface area contributed by atoms with E-state index in [1.165, 1.54) is 12.3 Å². The Morgan fingerprint density at radius 1 is 1.09 bits per heavy atom. The van der Waals surface area contributed by atoms with Crippen LogP contribution < -0.4 is 0 Å². The highest BCUT2D eigenvalue weighted by atomic mass is 31.1. The Morgan fingerprint density at radius 2 is 1.73 bits per heavy atom. The Balaban J connectivity index is 2.36. The molecule has 11 heavy (non-hydrogen) atoms. The molecule has 1 radical (unpaired) electrons. The van der Waals surface area contributed by atoms with Crippen molar-refractivity contribution in [3.63, 3.8) is 0 Å². The lowest BCUT2D eigenvalue weighted by molar-refractivity contribution is 1.51. The molecule has 0 N–H and O–H groups in total. The summed E-state index contributed by atoms with van der Waals surface area (Å²) in [6.07, 6.45) is 9.50. The van der Waals surface area contributed by atoms with Crippen molar-refractivity contribution in [2.45, 2.75) is 13.8 Å². The molecule has 2 atom stereocenters. The highest BCUT2D eigenvalue weighted by molar-refractivity contribution is 7.45. The minimum atomic E-state index is 1.02. The summed E-state index contributed by atoms with van der Waals surface area (Å²) in [4.78, 5) is 0. The molecular weight excluding hydrogens is 170 g/mol. The standard InChI is InChI=1S/C9H15P2/c1-3-10-8-5-6-9(7-8)11-4-2/h5-7,10-11H,3-4H2,1-2H3. The summed E-state index contributed by atoms with van der Waals surface area (Å²) in [5.74, 6) is 0. The number of rotatable bonds is 4. The molecular formula is C9H15P2. The van der Waals surface area contributed by atoms with Crippen LogP contribution in [0, 0.1) is 6.42 Å². The molecule has 0 nitrogen and oxygen atoms in total. The second-order valence-electron chi connectivity index (χ2n) is 2.45. The first-order valence-electron chi connectivity index (χ1n) is 4.11. The predicted octanol–water partition coefficient (Wildman–Crippen LogP) is 3.37. The fourth-order valence-electron chi connectivity index (χ4n) is 1.07. The monoisotopic (exact) mass is 185 g/mol. The lowest BCUT2D eigenvalue weighted by atomic mass is 10.5. The van der Waals surface area contributed by atoms with Gasteiger partial charge in [-0.3, -0.25) is 0 Å². The molecule has 0 aromatic carbocycles. The molecule has 0 spiro atoms. The van der Waals surface area contributed by atoms with Gasteiger partial charge in [0.15, 0.2) is 0 Å². The molecule has 0 fully saturated rings. The zero-order chi connectivity index (χ0) is 8.10. The van der Waals surface area contributed by atoms with Crippen LogP contribution >= 0.6 is 17.2 Å². The summed E-state index contributed by atoms with van der Waals surface area (Å²) in [7, 11) is 2.03. The van der Waals surface area contributed by atoms with E-state index in [0.29, 0.717) is 0 Å². The third-order valence-electron chi connectivity index (χ3n) is 1.52. The van der Waals surface area contributed by atoms with Gasteiger partial charge in [-0.15, -0.1) is 0 Å². The average molecular weight is 185 g/mol. The van der Waals surface area contributed by atoms with Crippen LogP contribution in [0.1, 0.15) is 13.8 Å². The van der Waals surface area contributed by atoms with Crippen molar-refractivity contribution >= 4 is 17.2 Å². The third kappa shape index (κ3) is 3.06. The van der Waals surface area contributed by atoms with Gasteiger partial charge >= 0.3 is 0 Å². The summed E-state index contributed by atoms with van der Waals surface area (Å²) in [5.41, 5.74) is 0. The first kappa shape index (κ1) is 9.43. The quantitative estimate of drug-likeness (QED) is 0.589. The zero-order valence-corrected chi connectivity index (χ0v) is 9.15. The zero-order valence-electron chi connectivity index (χ0n) is 7.15. The first-order chi connectivity index (χ1) is 5.36. The van der Waals surface area contributed by atoms with E-state index in [9.17, 15) is 0 Å². The van der Waals surface area contributed by atoms with Crippen molar-refractivity contribution in [1.82, 2.24) is 0 Å². The SMILES string of the molecule is CCPC1=CC(PCC)=C[CH]1. The first-order valence-corrected chi connectivity index (χ1v) is 6.52. The minimum Gasteiger partial charge on any atom is -0.0944 e. The van der Waals surface area contributed by atoms with Crippen molar-refractivity contribution in [2.24, 2.45) is 0 Å². The van der Waals surface area contributed by atoms with Gasteiger partial charge in [-0.05, 0) is 23.0 Å². The molecule has 2 unspecified atom stereocenters. The van der Waals surface area contributed by atoms with Crippen LogP contribution in [0.2, 0.25) is 0 Å². The molecule has 0 aromatic heterocycles. The normalized spacial score (nSPS) is 18.7. The van der Waals surface area contributed by atoms with E-state index < -0.39 is 0 Å². The van der Waals surface area contributed by atoms with E-state index in [-0.39, 0.29) is 0 Å². The molecule has 1 aliphatic rings.